The van der Waals surface area contributed by atoms with Crippen LogP contribution in [0.3, 0.4) is 0 Å². The number of esters is 1. The molecule has 1 aromatic carbocycles. The smallest absolute Gasteiger partial charge is 0.329 e. The maximum Gasteiger partial charge on any atom is 0.329 e. The Morgan fingerprint density at radius 3 is 2.27 bits per heavy atom. The summed E-state index contributed by atoms with van der Waals surface area (Å²) in [6.45, 7) is 1.37. The Balaban J connectivity index is 1.42. The van der Waals surface area contributed by atoms with Crippen molar-refractivity contribution in [2.75, 3.05) is 20.3 Å². The van der Waals surface area contributed by atoms with Gasteiger partial charge in [-0.2, -0.15) is 0 Å². The first-order valence-electron chi connectivity index (χ1n) is 10.0. The number of hydrogen-bond acceptors (Lipinski definition) is 6. The molecule has 0 spiro atoms. The molecule has 3 rings (SSSR count). The van der Waals surface area contributed by atoms with Crippen molar-refractivity contribution in [1.29, 1.82) is 0 Å². The van der Waals surface area contributed by atoms with E-state index in [9.17, 15) is 19.2 Å². The van der Waals surface area contributed by atoms with E-state index in [2.05, 4.69) is 5.32 Å². The van der Waals surface area contributed by atoms with Crippen LogP contribution in [0, 0.1) is 11.8 Å². The van der Waals surface area contributed by atoms with E-state index in [-0.39, 0.29) is 11.8 Å². The number of methoxy groups -OCH3 is 1. The van der Waals surface area contributed by atoms with Crippen molar-refractivity contribution in [3.05, 3.63) is 42.0 Å². The Bertz CT molecular complexity index is 822. The van der Waals surface area contributed by atoms with E-state index in [1.165, 1.54) is 6.92 Å². The largest absolute Gasteiger partial charge is 0.497 e. The summed E-state index contributed by atoms with van der Waals surface area (Å²) in [6.07, 6.45) is 5.39. The third-order valence-corrected chi connectivity index (χ3v) is 5.51. The van der Waals surface area contributed by atoms with Gasteiger partial charge in [0.05, 0.1) is 18.9 Å². The first-order chi connectivity index (χ1) is 14.4. The fourth-order valence-corrected chi connectivity index (χ4v) is 3.76. The fraction of sp³-hybridized carbons (Fsp3) is 0.455. The minimum atomic E-state index is -1.05. The number of allylic oxidation sites excluding steroid dienone is 2. The van der Waals surface area contributed by atoms with E-state index in [1.54, 1.807) is 7.11 Å². The highest BCUT2D eigenvalue weighted by molar-refractivity contribution is 6.08. The molecule has 160 valence electrons. The number of imide groups is 1. The van der Waals surface area contributed by atoms with Gasteiger partial charge in [-0.05, 0) is 43.9 Å². The molecular weight excluding hydrogens is 388 g/mol. The number of likely N-dealkylation sites (tertiary alicyclic amines) is 1. The summed E-state index contributed by atoms with van der Waals surface area (Å²) in [5.74, 6) is -1.95. The zero-order valence-electron chi connectivity index (χ0n) is 17.1. The van der Waals surface area contributed by atoms with Crippen LogP contribution in [0.2, 0.25) is 0 Å². The molecule has 1 saturated heterocycles. The Labute approximate surface area is 175 Å². The lowest BCUT2D eigenvalue weighted by molar-refractivity contribution is -0.159. The van der Waals surface area contributed by atoms with E-state index in [1.807, 2.05) is 36.4 Å². The number of rotatable bonds is 8. The van der Waals surface area contributed by atoms with Crippen LogP contribution < -0.4 is 10.1 Å². The topological polar surface area (TPSA) is 102 Å². The average molecular weight is 414 g/mol. The molecule has 1 N–H and O–H groups in total. The molecule has 1 aliphatic carbocycles. The molecule has 1 heterocycles. The number of amides is 3. The van der Waals surface area contributed by atoms with Crippen LogP contribution >= 0.6 is 0 Å². The Kier molecular flexibility index (Phi) is 6.87. The summed E-state index contributed by atoms with van der Waals surface area (Å²) in [5, 5.41) is 2.68. The van der Waals surface area contributed by atoms with Crippen LogP contribution in [0.15, 0.2) is 36.4 Å². The summed E-state index contributed by atoms with van der Waals surface area (Å²) >= 11 is 0. The standard InChI is InChI=1S/C22H26N2O6/c1-14(24-20(26)17-5-3-4-6-18(17)21(24)27)22(28)30-13-19(25)23-12-11-15-7-9-16(29-2)10-8-15/h3-4,7-10,14,17-18H,5-6,11-13H2,1-2H3,(H,23,25)/t14-,17-,18-/m0/s1. The number of nitrogens with zero attached hydrogens (tertiary/aromatic N) is 1. The van der Waals surface area contributed by atoms with E-state index in [0.29, 0.717) is 25.8 Å². The van der Waals surface area contributed by atoms with E-state index < -0.39 is 36.4 Å². The molecule has 1 fully saturated rings. The van der Waals surface area contributed by atoms with Crippen LogP contribution in [0.5, 0.6) is 5.75 Å². The van der Waals surface area contributed by atoms with Gasteiger partial charge in [-0.15, -0.1) is 0 Å². The minimum Gasteiger partial charge on any atom is -0.497 e. The summed E-state index contributed by atoms with van der Waals surface area (Å²) < 4.78 is 10.1. The SMILES string of the molecule is COc1ccc(CCNC(=O)COC(=O)[C@H](C)N2C(=O)[C@H]3CC=CC[C@@H]3C2=O)cc1. The van der Waals surface area contributed by atoms with Gasteiger partial charge in [0, 0.05) is 6.54 Å². The first-order valence-corrected chi connectivity index (χ1v) is 10.0. The van der Waals surface area contributed by atoms with E-state index in [4.69, 9.17) is 9.47 Å². The third kappa shape index (κ3) is 4.69. The number of hydrogen-bond donors (Lipinski definition) is 1. The predicted molar refractivity (Wildman–Crippen MR) is 107 cm³/mol. The third-order valence-electron chi connectivity index (χ3n) is 5.51. The van der Waals surface area contributed by atoms with Crippen LogP contribution in [0.1, 0.15) is 25.3 Å². The summed E-state index contributed by atoms with van der Waals surface area (Å²) in [7, 11) is 1.59. The number of benzene rings is 1. The zero-order valence-corrected chi connectivity index (χ0v) is 17.1. The molecule has 0 aromatic heterocycles. The predicted octanol–water partition coefficient (Wildman–Crippen LogP) is 1.24. The molecule has 3 atom stereocenters. The van der Waals surface area contributed by atoms with Crippen molar-refractivity contribution < 1.29 is 28.7 Å². The van der Waals surface area contributed by atoms with E-state index >= 15 is 0 Å². The molecule has 8 nitrogen and oxygen atoms in total. The van der Waals surface area contributed by atoms with Gasteiger partial charge in [0.15, 0.2) is 6.61 Å². The van der Waals surface area contributed by atoms with Crippen LogP contribution in [0.25, 0.3) is 0 Å². The lowest BCUT2D eigenvalue weighted by atomic mass is 9.85. The van der Waals surface area contributed by atoms with Gasteiger partial charge in [-0.1, -0.05) is 24.3 Å². The van der Waals surface area contributed by atoms with Gasteiger partial charge in [0.1, 0.15) is 11.8 Å². The number of ether oxygens (including phenoxy) is 2. The summed E-state index contributed by atoms with van der Waals surface area (Å²) in [4.78, 5) is 50.3. The number of carbonyl (C=O) groups is 4. The first kappa shape index (κ1) is 21.5. The molecule has 0 bridgehead atoms. The molecule has 8 heteroatoms. The molecular formula is C22H26N2O6. The zero-order chi connectivity index (χ0) is 21.7. The molecule has 1 aliphatic heterocycles. The number of fused-ring (bicyclic) bond motifs is 1. The molecule has 30 heavy (non-hydrogen) atoms. The van der Waals surface area contributed by atoms with Gasteiger partial charge in [0.25, 0.3) is 5.91 Å². The van der Waals surface area contributed by atoms with Gasteiger partial charge < -0.3 is 14.8 Å². The maximum atomic E-state index is 12.5. The average Bonchev–Trinajstić information content (AvgIpc) is 3.02. The van der Waals surface area contributed by atoms with Gasteiger partial charge in [0.2, 0.25) is 11.8 Å². The molecule has 1 aromatic rings. The molecule has 0 unspecified atom stereocenters. The lowest BCUT2D eigenvalue weighted by Crippen LogP contribution is -2.45. The summed E-state index contributed by atoms with van der Waals surface area (Å²) in [6, 6.07) is 6.44. The van der Waals surface area contributed by atoms with Crippen LogP contribution in [-0.2, 0) is 30.3 Å². The maximum absolute atomic E-state index is 12.5. The van der Waals surface area contributed by atoms with Crippen LogP contribution in [0.4, 0.5) is 0 Å². The lowest BCUT2D eigenvalue weighted by Gasteiger charge is -2.21. The van der Waals surface area contributed by atoms with Gasteiger partial charge >= 0.3 is 5.97 Å². The molecule has 2 aliphatic rings. The van der Waals surface area contributed by atoms with Crippen molar-refractivity contribution >= 4 is 23.7 Å². The normalized spacial score (nSPS) is 21.2. The number of carbonyl (C=O) groups excluding carboxylic acids is 4. The van der Waals surface area contributed by atoms with Gasteiger partial charge in [-0.3, -0.25) is 19.3 Å². The second-order valence-corrected chi connectivity index (χ2v) is 7.43. The van der Waals surface area contributed by atoms with Crippen LogP contribution in [-0.4, -0.2) is 54.9 Å². The quantitative estimate of drug-likeness (QED) is 0.390. The second-order valence-electron chi connectivity index (χ2n) is 7.43. The van der Waals surface area contributed by atoms with Crippen molar-refractivity contribution in [2.24, 2.45) is 11.8 Å². The molecule has 0 saturated carbocycles. The highest BCUT2D eigenvalue weighted by Crippen LogP contribution is 2.36. The molecule has 0 radical (unpaired) electrons. The second kappa shape index (κ2) is 9.56. The highest BCUT2D eigenvalue weighted by Gasteiger charge is 2.50. The highest BCUT2D eigenvalue weighted by atomic mass is 16.5. The molecule has 3 amide bonds. The van der Waals surface area contributed by atoms with Crippen molar-refractivity contribution in [3.63, 3.8) is 0 Å². The Morgan fingerprint density at radius 1 is 1.10 bits per heavy atom. The fourth-order valence-electron chi connectivity index (χ4n) is 3.76. The minimum absolute atomic E-state index is 0.345. The van der Waals surface area contributed by atoms with E-state index in [0.717, 1.165) is 16.2 Å². The van der Waals surface area contributed by atoms with Gasteiger partial charge in [-0.25, -0.2) is 4.79 Å². The Morgan fingerprint density at radius 2 is 1.70 bits per heavy atom. The summed E-state index contributed by atoms with van der Waals surface area (Å²) in [5.41, 5.74) is 1.03. The van der Waals surface area contributed by atoms with Crippen molar-refractivity contribution in [1.82, 2.24) is 10.2 Å². The number of nitrogens with one attached hydrogen (secondary N) is 1. The van der Waals surface area contributed by atoms with Crippen molar-refractivity contribution in [2.45, 2.75) is 32.2 Å². The van der Waals surface area contributed by atoms with Crippen molar-refractivity contribution in [3.8, 4) is 5.75 Å². The monoisotopic (exact) mass is 414 g/mol. The Hall–Kier alpha value is -3.16.